The predicted octanol–water partition coefficient (Wildman–Crippen LogP) is 3.20. The number of hydrogen-bond acceptors (Lipinski definition) is 3. The maximum Gasteiger partial charge on any atom is 0.336 e. The molecule has 6 heteroatoms. The van der Waals surface area contributed by atoms with Crippen molar-refractivity contribution in [3.05, 3.63) is 40.2 Å². The van der Waals surface area contributed by atoms with Gasteiger partial charge in [-0.2, -0.15) is 0 Å². The SMILES string of the molecule is Nc1ccc2c(C(Cl)(Cl)Cl)cc(=O)oc2c1. The first-order chi connectivity index (χ1) is 7.38. The van der Waals surface area contributed by atoms with Crippen LogP contribution in [0.3, 0.4) is 0 Å². The lowest BCUT2D eigenvalue weighted by Gasteiger charge is -2.13. The number of fused-ring (bicyclic) bond motifs is 1. The zero-order valence-corrected chi connectivity index (χ0v) is 10.1. The molecule has 2 N–H and O–H groups in total. The number of anilines is 1. The molecule has 0 aliphatic carbocycles. The summed E-state index contributed by atoms with van der Waals surface area (Å²) >= 11 is 17.3. The van der Waals surface area contributed by atoms with Gasteiger partial charge >= 0.3 is 5.63 Å². The summed E-state index contributed by atoms with van der Waals surface area (Å²) in [5.41, 5.74) is 6.04. The van der Waals surface area contributed by atoms with Gasteiger partial charge in [-0.05, 0) is 12.1 Å². The van der Waals surface area contributed by atoms with E-state index in [1.807, 2.05) is 0 Å². The molecule has 0 amide bonds. The van der Waals surface area contributed by atoms with E-state index in [-0.39, 0.29) is 5.56 Å². The molecular formula is C10H6Cl3NO2. The number of benzene rings is 1. The highest BCUT2D eigenvalue weighted by Gasteiger charge is 2.26. The Morgan fingerprint density at radius 1 is 1.19 bits per heavy atom. The average molecular weight is 279 g/mol. The van der Waals surface area contributed by atoms with E-state index in [4.69, 9.17) is 45.0 Å². The standard InChI is InChI=1S/C10H6Cl3NO2/c11-10(12,13)7-4-9(15)16-8-3-5(14)1-2-6(7)8/h1-4H,14H2. The second-order valence-corrected chi connectivity index (χ2v) is 5.51. The van der Waals surface area contributed by atoms with Crippen molar-refractivity contribution in [2.24, 2.45) is 0 Å². The number of rotatable bonds is 0. The Morgan fingerprint density at radius 3 is 2.50 bits per heavy atom. The molecule has 1 aromatic heterocycles. The first-order valence-electron chi connectivity index (χ1n) is 4.28. The molecule has 2 rings (SSSR count). The van der Waals surface area contributed by atoms with E-state index in [2.05, 4.69) is 0 Å². The maximum atomic E-state index is 11.3. The van der Waals surface area contributed by atoms with E-state index in [9.17, 15) is 4.79 Å². The Morgan fingerprint density at radius 2 is 1.88 bits per heavy atom. The second-order valence-electron chi connectivity index (χ2n) is 3.23. The van der Waals surface area contributed by atoms with Crippen LogP contribution in [-0.4, -0.2) is 0 Å². The van der Waals surface area contributed by atoms with Gasteiger partial charge in [0, 0.05) is 28.8 Å². The summed E-state index contributed by atoms with van der Waals surface area (Å²) in [6.45, 7) is 0. The fraction of sp³-hybridized carbons (Fsp3) is 0.100. The molecule has 0 fully saturated rings. The van der Waals surface area contributed by atoms with Crippen LogP contribution in [0, 0.1) is 0 Å². The minimum atomic E-state index is -1.68. The van der Waals surface area contributed by atoms with Crippen LogP contribution in [0.25, 0.3) is 11.0 Å². The highest BCUT2D eigenvalue weighted by atomic mass is 35.6. The molecule has 0 radical (unpaired) electrons. The van der Waals surface area contributed by atoms with Crippen LogP contribution in [0.1, 0.15) is 5.56 Å². The predicted molar refractivity (Wildman–Crippen MR) is 66.1 cm³/mol. The summed E-state index contributed by atoms with van der Waals surface area (Å²) in [5, 5.41) is 0.550. The molecular weight excluding hydrogens is 272 g/mol. The van der Waals surface area contributed by atoms with Crippen molar-refractivity contribution >= 4 is 51.5 Å². The Bertz CT molecular complexity index is 601. The molecule has 0 spiro atoms. The Labute approximate surface area is 106 Å². The van der Waals surface area contributed by atoms with Gasteiger partial charge in [0.25, 0.3) is 0 Å². The van der Waals surface area contributed by atoms with Crippen molar-refractivity contribution in [1.82, 2.24) is 0 Å². The molecule has 2 aromatic rings. The normalized spacial score (nSPS) is 11.9. The van der Waals surface area contributed by atoms with Crippen LogP contribution in [-0.2, 0) is 3.79 Å². The van der Waals surface area contributed by atoms with Crippen LogP contribution in [0.4, 0.5) is 5.69 Å². The molecule has 1 aromatic carbocycles. The van der Waals surface area contributed by atoms with Crippen LogP contribution in [0.15, 0.2) is 33.5 Å². The number of alkyl halides is 3. The Hall–Kier alpha value is -0.900. The molecule has 0 bridgehead atoms. The van der Waals surface area contributed by atoms with Gasteiger partial charge < -0.3 is 10.2 Å². The molecule has 0 saturated heterocycles. The van der Waals surface area contributed by atoms with E-state index in [1.165, 1.54) is 6.07 Å². The van der Waals surface area contributed by atoms with Crippen molar-refractivity contribution in [3.63, 3.8) is 0 Å². The van der Waals surface area contributed by atoms with Crippen LogP contribution in [0.5, 0.6) is 0 Å². The second kappa shape index (κ2) is 3.84. The zero-order valence-electron chi connectivity index (χ0n) is 7.84. The largest absolute Gasteiger partial charge is 0.423 e. The lowest BCUT2D eigenvalue weighted by atomic mass is 10.1. The summed E-state index contributed by atoms with van der Waals surface area (Å²) < 4.78 is 3.29. The van der Waals surface area contributed by atoms with Crippen LogP contribution < -0.4 is 11.4 Å². The number of nitrogen functional groups attached to an aromatic ring is 1. The summed E-state index contributed by atoms with van der Waals surface area (Å²) in [4.78, 5) is 11.3. The van der Waals surface area contributed by atoms with Gasteiger partial charge in [-0.1, -0.05) is 34.8 Å². The lowest BCUT2D eigenvalue weighted by Crippen LogP contribution is -2.08. The molecule has 16 heavy (non-hydrogen) atoms. The minimum Gasteiger partial charge on any atom is -0.423 e. The van der Waals surface area contributed by atoms with Gasteiger partial charge in [-0.15, -0.1) is 0 Å². The Kier molecular flexibility index (Phi) is 2.78. The van der Waals surface area contributed by atoms with E-state index < -0.39 is 9.42 Å². The summed E-state index contributed by atoms with van der Waals surface area (Å²) in [6.07, 6.45) is 0. The van der Waals surface area contributed by atoms with Crippen molar-refractivity contribution in [2.45, 2.75) is 3.79 Å². The molecule has 0 atom stereocenters. The van der Waals surface area contributed by atoms with E-state index in [1.54, 1.807) is 12.1 Å². The first kappa shape index (κ1) is 11.6. The van der Waals surface area contributed by atoms with E-state index in [0.29, 0.717) is 16.7 Å². The molecule has 0 saturated carbocycles. The molecule has 3 nitrogen and oxygen atoms in total. The minimum absolute atomic E-state index is 0.281. The van der Waals surface area contributed by atoms with Crippen molar-refractivity contribution in [1.29, 1.82) is 0 Å². The molecule has 1 heterocycles. The summed E-state index contributed by atoms with van der Waals surface area (Å²) in [5.74, 6) is 0. The highest BCUT2D eigenvalue weighted by Crippen LogP contribution is 2.41. The fourth-order valence-corrected chi connectivity index (χ4v) is 1.88. The van der Waals surface area contributed by atoms with Gasteiger partial charge in [0.05, 0.1) is 0 Å². The van der Waals surface area contributed by atoms with Crippen LogP contribution in [0.2, 0.25) is 0 Å². The molecule has 0 unspecified atom stereocenters. The Balaban J connectivity index is 2.89. The third kappa shape index (κ3) is 2.12. The molecule has 0 aliphatic rings. The van der Waals surface area contributed by atoms with Gasteiger partial charge in [0.2, 0.25) is 3.79 Å². The van der Waals surface area contributed by atoms with E-state index >= 15 is 0 Å². The molecule has 84 valence electrons. The van der Waals surface area contributed by atoms with Crippen molar-refractivity contribution < 1.29 is 4.42 Å². The van der Waals surface area contributed by atoms with Gasteiger partial charge in [-0.3, -0.25) is 0 Å². The smallest absolute Gasteiger partial charge is 0.336 e. The van der Waals surface area contributed by atoms with Gasteiger partial charge in [0.1, 0.15) is 5.58 Å². The van der Waals surface area contributed by atoms with E-state index in [0.717, 1.165) is 6.07 Å². The summed E-state index contributed by atoms with van der Waals surface area (Å²) in [7, 11) is 0. The first-order valence-corrected chi connectivity index (χ1v) is 5.42. The topological polar surface area (TPSA) is 56.2 Å². The quantitative estimate of drug-likeness (QED) is 0.457. The van der Waals surface area contributed by atoms with Crippen LogP contribution >= 0.6 is 34.8 Å². The van der Waals surface area contributed by atoms with Gasteiger partial charge in [0.15, 0.2) is 0 Å². The average Bonchev–Trinajstić information content (AvgIpc) is 2.14. The monoisotopic (exact) mass is 277 g/mol. The highest BCUT2D eigenvalue weighted by molar-refractivity contribution is 6.67. The van der Waals surface area contributed by atoms with Crippen molar-refractivity contribution in [2.75, 3.05) is 5.73 Å². The third-order valence-corrected chi connectivity index (χ3v) is 2.68. The van der Waals surface area contributed by atoms with Gasteiger partial charge in [-0.25, -0.2) is 4.79 Å². The zero-order chi connectivity index (χ0) is 11.9. The fourth-order valence-electron chi connectivity index (χ4n) is 1.41. The van der Waals surface area contributed by atoms with Crippen molar-refractivity contribution in [3.8, 4) is 0 Å². The molecule has 0 aliphatic heterocycles. The lowest BCUT2D eigenvalue weighted by molar-refractivity contribution is 0.559. The number of nitrogens with two attached hydrogens (primary N) is 1. The summed E-state index contributed by atoms with van der Waals surface area (Å²) in [6, 6.07) is 5.95. The number of halogens is 3. The number of hydrogen-bond donors (Lipinski definition) is 1. The maximum absolute atomic E-state index is 11.3. The third-order valence-electron chi connectivity index (χ3n) is 2.07.